The van der Waals surface area contributed by atoms with E-state index >= 15 is 0 Å². The Hall–Kier alpha value is -2.20. The third-order valence-electron chi connectivity index (χ3n) is 4.26. The molecule has 0 aliphatic rings. The number of hydrogen-bond acceptors (Lipinski definition) is 2. The molecule has 0 spiro atoms. The van der Waals surface area contributed by atoms with Gasteiger partial charge in [-0.3, -0.25) is 0 Å². The standard InChI is InChI=1S/C21H15Cl3N2O/c22-15-7-9-17(10-8-15)27-13-21-25-19-3-1-2-4-20(19)26(21)12-14-5-6-16(23)11-18(14)24/h1-11H,12-13H2. The molecule has 1 heterocycles. The Kier molecular flexibility index (Phi) is 5.26. The predicted octanol–water partition coefficient (Wildman–Crippen LogP) is 6.62. The van der Waals surface area contributed by atoms with Crippen molar-refractivity contribution in [3.05, 3.63) is 93.2 Å². The van der Waals surface area contributed by atoms with Gasteiger partial charge in [0.05, 0.1) is 17.6 Å². The van der Waals surface area contributed by atoms with Gasteiger partial charge in [0.15, 0.2) is 0 Å². The van der Waals surface area contributed by atoms with Crippen molar-refractivity contribution < 1.29 is 4.74 Å². The van der Waals surface area contributed by atoms with Crippen LogP contribution in [0.2, 0.25) is 15.1 Å². The fourth-order valence-electron chi connectivity index (χ4n) is 2.91. The lowest BCUT2D eigenvalue weighted by Gasteiger charge is -2.12. The summed E-state index contributed by atoms with van der Waals surface area (Å²) in [5, 5.41) is 1.92. The molecule has 27 heavy (non-hydrogen) atoms. The zero-order valence-corrected chi connectivity index (χ0v) is 16.5. The Morgan fingerprint density at radius 2 is 1.59 bits per heavy atom. The highest BCUT2D eigenvalue weighted by atomic mass is 35.5. The van der Waals surface area contributed by atoms with Crippen molar-refractivity contribution in [1.29, 1.82) is 0 Å². The summed E-state index contributed by atoms with van der Waals surface area (Å²) in [5.41, 5.74) is 2.91. The van der Waals surface area contributed by atoms with Crippen molar-refractivity contribution in [1.82, 2.24) is 9.55 Å². The van der Waals surface area contributed by atoms with Gasteiger partial charge in [0.1, 0.15) is 18.2 Å². The smallest absolute Gasteiger partial charge is 0.148 e. The summed E-state index contributed by atoms with van der Waals surface area (Å²) in [6, 6.07) is 20.8. The number of aromatic nitrogens is 2. The summed E-state index contributed by atoms with van der Waals surface area (Å²) >= 11 is 18.3. The van der Waals surface area contributed by atoms with E-state index in [0.29, 0.717) is 28.2 Å². The molecule has 6 heteroatoms. The first-order valence-corrected chi connectivity index (χ1v) is 9.50. The Balaban J connectivity index is 1.67. The number of ether oxygens (including phenoxy) is 1. The summed E-state index contributed by atoms with van der Waals surface area (Å²) in [4.78, 5) is 4.73. The summed E-state index contributed by atoms with van der Waals surface area (Å²) < 4.78 is 8.02. The van der Waals surface area contributed by atoms with Crippen LogP contribution in [0.15, 0.2) is 66.7 Å². The SMILES string of the molecule is Clc1ccc(OCc2nc3ccccc3n2Cc2ccc(Cl)cc2Cl)cc1. The van der Waals surface area contributed by atoms with Gasteiger partial charge in [-0.1, -0.05) is 53.0 Å². The van der Waals surface area contributed by atoms with Crippen LogP contribution in [0.25, 0.3) is 11.0 Å². The molecule has 0 unspecified atom stereocenters. The molecule has 0 saturated carbocycles. The monoisotopic (exact) mass is 416 g/mol. The number of halogens is 3. The van der Waals surface area contributed by atoms with Gasteiger partial charge in [-0.2, -0.15) is 0 Å². The molecule has 4 aromatic rings. The molecule has 0 aliphatic heterocycles. The average molecular weight is 418 g/mol. The van der Waals surface area contributed by atoms with Crippen molar-refractivity contribution in [2.45, 2.75) is 13.2 Å². The fourth-order valence-corrected chi connectivity index (χ4v) is 3.51. The number of nitrogens with zero attached hydrogens (tertiary/aromatic N) is 2. The first kappa shape index (κ1) is 18.2. The largest absolute Gasteiger partial charge is 0.486 e. The average Bonchev–Trinajstić information content (AvgIpc) is 3.01. The summed E-state index contributed by atoms with van der Waals surface area (Å²) in [6.07, 6.45) is 0. The molecule has 4 rings (SSSR count). The maximum absolute atomic E-state index is 6.38. The molecule has 0 radical (unpaired) electrons. The normalized spacial score (nSPS) is 11.1. The van der Waals surface area contributed by atoms with Crippen molar-refractivity contribution >= 4 is 45.8 Å². The minimum absolute atomic E-state index is 0.335. The Labute approximate surface area is 172 Å². The third-order valence-corrected chi connectivity index (χ3v) is 5.10. The van der Waals surface area contributed by atoms with E-state index < -0.39 is 0 Å². The maximum atomic E-state index is 6.38. The van der Waals surface area contributed by atoms with Crippen LogP contribution < -0.4 is 4.74 Å². The zero-order chi connectivity index (χ0) is 18.8. The Bertz CT molecular complexity index is 1090. The van der Waals surface area contributed by atoms with Crippen LogP contribution in [0.4, 0.5) is 0 Å². The van der Waals surface area contributed by atoms with Gasteiger partial charge in [-0.15, -0.1) is 0 Å². The zero-order valence-electron chi connectivity index (χ0n) is 14.2. The lowest BCUT2D eigenvalue weighted by atomic mass is 10.2. The minimum Gasteiger partial charge on any atom is -0.486 e. The molecular formula is C21H15Cl3N2O. The van der Waals surface area contributed by atoms with Crippen LogP contribution in [-0.2, 0) is 13.2 Å². The second-order valence-corrected chi connectivity index (χ2v) is 7.36. The lowest BCUT2D eigenvalue weighted by molar-refractivity contribution is 0.291. The number of para-hydroxylation sites is 2. The molecule has 3 nitrogen and oxygen atoms in total. The van der Waals surface area contributed by atoms with Crippen molar-refractivity contribution in [3.63, 3.8) is 0 Å². The van der Waals surface area contributed by atoms with E-state index in [1.165, 1.54) is 0 Å². The molecule has 0 saturated heterocycles. The van der Waals surface area contributed by atoms with E-state index in [9.17, 15) is 0 Å². The van der Waals surface area contributed by atoms with Crippen LogP contribution in [0.5, 0.6) is 5.75 Å². The quantitative estimate of drug-likeness (QED) is 0.364. The predicted molar refractivity (Wildman–Crippen MR) is 111 cm³/mol. The molecule has 0 aliphatic carbocycles. The van der Waals surface area contributed by atoms with Gasteiger partial charge in [0.2, 0.25) is 0 Å². The van der Waals surface area contributed by atoms with Crippen molar-refractivity contribution in [2.24, 2.45) is 0 Å². The van der Waals surface area contributed by atoms with Gasteiger partial charge in [0, 0.05) is 15.1 Å². The first-order chi connectivity index (χ1) is 13.1. The number of fused-ring (bicyclic) bond motifs is 1. The van der Waals surface area contributed by atoms with Crippen molar-refractivity contribution in [3.8, 4) is 5.75 Å². The Morgan fingerprint density at radius 1 is 0.852 bits per heavy atom. The lowest BCUT2D eigenvalue weighted by Crippen LogP contribution is -2.08. The molecule has 0 N–H and O–H groups in total. The molecule has 0 atom stereocenters. The van der Waals surface area contributed by atoms with E-state index in [2.05, 4.69) is 4.57 Å². The molecule has 0 bridgehead atoms. The highest BCUT2D eigenvalue weighted by molar-refractivity contribution is 6.35. The minimum atomic E-state index is 0.335. The van der Waals surface area contributed by atoms with E-state index in [-0.39, 0.29) is 0 Å². The van der Waals surface area contributed by atoms with E-state index in [4.69, 9.17) is 44.5 Å². The van der Waals surface area contributed by atoms with Gasteiger partial charge in [0.25, 0.3) is 0 Å². The van der Waals surface area contributed by atoms with Crippen LogP contribution in [0.1, 0.15) is 11.4 Å². The second-order valence-electron chi connectivity index (χ2n) is 6.08. The number of rotatable bonds is 5. The Morgan fingerprint density at radius 3 is 2.37 bits per heavy atom. The fraction of sp³-hybridized carbons (Fsp3) is 0.0952. The third kappa shape index (κ3) is 4.06. The van der Waals surface area contributed by atoms with E-state index in [1.54, 1.807) is 18.2 Å². The topological polar surface area (TPSA) is 27.1 Å². The van der Waals surface area contributed by atoms with Gasteiger partial charge in [-0.05, 0) is 54.1 Å². The second kappa shape index (κ2) is 7.81. The van der Waals surface area contributed by atoms with E-state index in [1.807, 2.05) is 48.5 Å². The number of benzene rings is 3. The summed E-state index contributed by atoms with van der Waals surface area (Å²) in [5.74, 6) is 1.56. The van der Waals surface area contributed by atoms with Gasteiger partial charge >= 0.3 is 0 Å². The molecule has 0 amide bonds. The van der Waals surface area contributed by atoms with Crippen LogP contribution in [0, 0.1) is 0 Å². The summed E-state index contributed by atoms with van der Waals surface area (Å²) in [6.45, 7) is 0.914. The molecule has 136 valence electrons. The molecule has 0 fully saturated rings. The first-order valence-electron chi connectivity index (χ1n) is 8.36. The number of hydrogen-bond donors (Lipinski definition) is 0. The van der Waals surface area contributed by atoms with Crippen molar-refractivity contribution in [2.75, 3.05) is 0 Å². The van der Waals surface area contributed by atoms with Gasteiger partial charge in [-0.25, -0.2) is 4.98 Å². The van der Waals surface area contributed by atoms with Crippen LogP contribution in [0.3, 0.4) is 0 Å². The highest BCUT2D eigenvalue weighted by Crippen LogP contribution is 2.25. The molecular weight excluding hydrogens is 403 g/mol. The van der Waals surface area contributed by atoms with E-state index in [0.717, 1.165) is 28.2 Å². The molecule has 1 aromatic heterocycles. The van der Waals surface area contributed by atoms with Crippen LogP contribution in [-0.4, -0.2) is 9.55 Å². The number of imidazole rings is 1. The molecule has 3 aromatic carbocycles. The maximum Gasteiger partial charge on any atom is 0.148 e. The highest BCUT2D eigenvalue weighted by Gasteiger charge is 2.13. The summed E-state index contributed by atoms with van der Waals surface area (Å²) in [7, 11) is 0. The van der Waals surface area contributed by atoms with Gasteiger partial charge < -0.3 is 9.30 Å². The van der Waals surface area contributed by atoms with Crippen LogP contribution >= 0.6 is 34.8 Å².